The van der Waals surface area contributed by atoms with E-state index in [2.05, 4.69) is 27.9 Å². The van der Waals surface area contributed by atoms with Crippen molar-refractivity contribution in [3.63, 3.8) is 0 Å². The fraction of sp³-hybridized carbons (Fsp3) is 0.875. The number of piperidine rings is 1. The predicted molar refractivity (Wildman–Crippen MR) is 46.9 cm³/mol. The van der Waals surface area contributed by atoms with Crippen LogP contribution in [-0.2, 0) is 4.79 Å². The molecule has 0 N–H and O–H groups in total. The molecule has 2 heterocycles. The molecule has 2 bridgehead atoms. The van der Waals surface area contributed by atoms with E-state index in [9.17, 15) is 4.79 Å². The van der Waals surface area contributed by atoms with E-state index in [-0.39, 0.29) is 4.83 Å². The van der Waals surface area contributed by atoms with Crippen molar-refractivity contribution in [1.29, 1.82) is 0 Å². The average molecular weight is 218 g/mol. The topological polar surface area (TPSA) is 20.3 Å². The van der Waals surface area contributed by atoms with Gasteiger partial charge in [0.25, 0.3) is 0 Å². The molecular weight excluding hydrogens is 206 g/mol. The lowest BCUT2D eigenvalue weighted by atomic mass is 10.0. The molecule has 0 unspecified atom stereocenters. The van der Waals surface area contributed by atoms with Crippen LogP contribution in [0.4, 0.5) is 0 Å². The lowest BCUT2D eigenvalue weighted by Crippen LogP contribution is -2.47. The van der Waals surface area contributed by atoms with Crippen LogP contribution in [0.1, 0.15) is 19.3 Å². The first-order valence-corrected chi connectivity index (χ1v) is 5.00. The molecule has 0 radical (unpaired) electrons. The molecule has 2 rings (SSSR count). The molecule has 0 aliphatic carbocycles. The van der Waals surface area contributed by atoms with Gasteiger partial charge in [-0.05, 0) is 19.9 Å². The number of alkyl halides is 1. The van der Waals surface area contributed by atoms with Gasteiger partial charge >= 0.3 is 0 Å². The first kappa shape index (κ1) is 7.74. The van der Waals surface area contributed by atoms with Crippen molar-refractivity contribution in [2.75, 3.05) is 7.05 Å². The number of hydrogen-bond acceptors (Lipinski definition) is 2. The number of ketones is 1. The Labute approximate surface area is 75.1 Å². The molecule has 2 fully saturated rings. The molecule has 2 saturated heterocycles. The van der Waals surface area contributed by atoms with Crippen LogP contribution in [-0.4, -0.2) is 34.6 Å². The third kappa shape index (κ3) is 1.05. The first-order valence-electron chi connectivity index (χ1n) is 4.09. The lowest BCUT2D eigenvalue weighted by molar-refractivity contribution is -0.122. The van der Waals surface area contributed by atoms with E-state index in [1.807, 2.05) is 0 Å². The van der Waals surface area contributed by atoms with Gasteiger partial charge in [-0.2, -0.15) is 0 Å². The number of Topliss-reactive ketones (excluding diaryl/α,β-unsaturated/α-hetero) is 1. The number of nitrogens with zero attached hydrogens (tertiary/aromatic N) is 1. The minimum Gasteiger partial charge on any atom is -0.298 e. The third-order valence-corrected chi connectivity index (χ3v) is 4.10. The smallest absolute Gasteiger partial charge is 0.149 e. The van der Waals surface area contributed by atoms with Gasteiger partial charge in [0.05, 0.1) is 4.83 Å². The molecule has 0 aromatic rings. The van der Waals surface area contributed by atoms with E-state index >= 15 is 0 Å². The van der Waals surface area contributed by atoms with Gasteiger partial charge in [-0.15, -0.1) is 0 Å². The van der Waals surface area contributed by atoms with Gasteiger partial charge in [0.2, 0.25) is 0 Å². The van der Waals surface area contributed by atoms with Crippen molar-refractivity contribution in [3.05, 3.63) is 0 Å². The summed E-state index contributed by atoms with van der Waals surface area (Å²) in [6.07, 6.45) is 3.14. The molecule has 3 heteroatoms. The van der Waals surface area contributed by atoms with Gasteiger partial charge in [-0.1, -0.05) is 15.9 Å². The zero-order valence-corrected chi connectivity index (χ0v) is 8.17. The number of fused-ring (bicyclic) bond motifs is 2. The molecule has 11 heavy (non-hydrogen) atoms. The predicted octanol–water partition coefficient (Wildman–Crippen LogP) is 1.19. The fourth-order valence-corrected chi connectivity index (χ4v) is 3.02. The van der Waals surface area contributed by atoms with E-state index in [4.69, 9.17) is 0 Å². The molecule has 0 aromatic heterocycles. The Kier molecular flexibility index (Phi) is 1.80. The Bertz CT molecular complexity index is 195. The van der Waals surface area contributed by atoms with E-state index < -0.39 is 0 Å². The Morgan fingerprint density at radius 3 is 3.00 bits per heavy atom. The van der Waals surface area contributed by atoms with Crippen LogP contribution in [0.5, 0.6) is 0 Å². The van der Waals surface area contributed by atoms with Crippen LogP contribution in [0.3, 0.4) is 0 Å². The van der Waals surface area contributed by atoms with Crippen molar-refractivity contribution in [2.24, 2.45) is 0 Å². The van der Waals surface area contributed by atoms with Crippen molar-refractivity contribution in [1.82, 2.24) is 4.90 Å². The van der Waals surface area contributed by atoms with Crippen LogP contribution in [0.25, 0.3) is 0 Å². The molecule has 0 spiro atoms. The molecular formula is C8H12BrNO. The Balaban J connectivity index is 2.22. The van der Waals surface area contributed by atoms with Crippen LogP contribution in [0.2, 0.25) is 0 Å². The van der Waals surface area contributed by atoms with Gasteiger partial charge in [0, 0.05) is 18.5 Å². The van der Waals surface area contributed by atoms with E-state index in [1.54, 1.807) is 0 Å². The van der Waals surface area contributed by atoms with Crippen LogP contribution in [0, 0.1) is 0 Å². The van der Waals surface area contributed by atoms with Crippen molar-refractivity contribution in [2.45, 2.75) is 36.2 Å². The number of rotatable bonds is 0. The lowest BCUT2D eigenvalue weighted by Gasteiger charge is -2.33. The summed E-state index contributed by atoms with van der Waals surface area (Å²) in [5.41, 5.74) is 0. The highest BCUT2D eigenvalue weighted by molar-refractivity contribution is 9.10. The average Bonchev–Trinajstić information content (AvgIpc) is 2.23. The largest absolute Gasteiger partial charge is 0.298 e. The second-order valence-corrected chi connectivity index (χ2v) is 4.52. The van der Waals surface area contributed by atoms with Gasteiger partial charge in [0.1, 0.15) is 5.78 Å². The Morgan fingerprint density at radius 1 is 1.55 bits per heavy atom. The summed E-state index contributed by atoms with van der Waals surface area (Å²) in [4.78, 5) is 13.8. The number of halogens is 1. The Morgan fingerprint density at radius 2 is 2.27 bits per heavy atom. The minimum atomic E-state index is 0.103. The van der Waals surface area contributed by atoms with Gasteiger partial charge < -0.3 is 0 Å². The standard InChI is InChI=1S/C8H12BrNO/c1-10-5-2-3-6(10)8(9)7(11)4-5/h5-6,8H,2-4H2,1H3/t5-,6-,8+/m1/s1. The molecule has 2 nitrogen and oxygen atoms in total. The quantitative estimate of drug-likeness (QED) is 0.569. The van der Waals surface area contributed by atoms with E-state index in [0.717, 1.165) is 6.42 Å². The summed E-state index contributed by atoms with van der Waals surface area (Å²) in [7, 11) is 2.13. The first-order chi connectivity index (χ1) is 5.20. The summed E-state index contributed by atoms with van der Waals surface area (Å²) in [6.45, 7) is 0. The van der Waals surface area contributed by atoms with Gasteiger partial charge in [0.15, 0.2) is 0 Å². The summed E-state index contributed by atoms with van der Waals surface area (Å²) in [6, 6.07) is 1.02. The highest BCUT2D eigenvalue weighted by atomic mass is 79.9. The number of hydrogen-bond donors (Lipinski definition) is 0. The monoisotopic (exact) mass is 217 g/mol. The molecule has 3 atom stereocenters. The van der Waals surface area contributed by atoms with E-state index in [1.165, 1.54) is 12.8 Å². The highest BCUT2D eigenvalue weighted by Gasteiger charge is 2.43. The Hall–Kier alpha value is 0.110. The summed E-state index contributed by atoms with van der Waals surface area (Å²) < 4.78 is 0. The van der Waals surface area contributed by atoms with Crippen LogP contribution < -0.4 is 0 Å². The zero-order chi connectivity index (χ0) is 8.01. The summed E-state index contributed by atoms with van der Waals surface area (Å²) >= 11 is 3.46. The van der Waals surface area contributed by atoms with Crippen molar-refractivity contribution < 1.29 is 4.79 Å². The minimum absolute atomic E-state index is 0.103. The summed E-state index contributed by atoms with van der Waals surface area (Å²) in [5.74, 6) is 0.399. The second-order valence-electron chi connectivity index (χ2n) is 3.54. The van der Waals surface area contributed by atoms with Gasteiger partial charge in [-0.3, -0.25) is 9.69 Å². The van der Waals surface area contributed by atoms with Crippen LogP contribution >= 0.6 is 15.9 Å². The second kappa shape index (κ2) is 2.56. The summed E-state index contributed by atoms with van der Waals surface area (Å²) in [5, 5.41) is 0. The van der Waals surface area contributed by atoms with E-state index in [0.29, 0.717) is 17.9 Å². The normalized spacial score (nSPS) is 44.9. The zero-order valence-electron chi connectivity index (χ0n) is 6.59. The maximum Gasteiger partial charge on any atom is 0.149 e. The molecule has 2 aliphatic rings. The fourth-order valence-electron chi connectivity index (χ4n) is 2.20. The van der Waals surface area contributed by atoms with Gasteiger partial charge in [-0.25, -0.2) is 0 Å². The molecule has 0 saturated carbocycles. The van der Waals surface area contributed by atoms with Crippen molar-refractivity contribution >= 4 is 21.7 Å². The molecule has 0 aromatic carbocycles. The van der Waals surface area contributed by atoms with Crippen molar-refractivity contribution in [3.8, 4) is 0 Å². The number of carbonyl (C=O) groups excluding carboxylic acids is 1. The maximum absolute atomic E-state index is 11.3. The third-order valence-electron chi connectivity index (χ3n) is 2.98. The number of carbonyl (C=O) groups is 1. The molecule has 2 aliphatic heterocycles. The molecule has 0 amide bonds. The van der Waals surface area contributed by atoms with Crippen LogP contribution in [0.15, 0.2) is 0 Å². The highest BCUT2D eigenvalue weighted by Crippen LogP contribution is 2.35. The maximum atomic E-state index is 11.3. The SMILES string of the molecule is CN1[C@@H]2CC[C@@H]1[C@H](Br)C(=O)C2. The molecule has 62 valence electrons.